The quantitative estimate of drug-likeness (QED) is 0.535. The van der Waals surface area contributed by atoms with E-state index in [1.54, 1.807) is 10.9 Å². The van der Waals surface area contributed by atoms with Crippen LogP contribution in [-0.4, -0.2) is 52.5 Å². The molecular formula is C11H21N3O3. The fourth-order valence-corrected chi connectivity index (χ4v) is 1.40. The lowest BCUT2D eigenvalue weighted by Gasteiger charge is -2.12. The molecule has 1 aromatic rings. The van der Waals surface area contributed by atoms with Crippen molar-refractivity contribution < 1.29 is 14.9 Å². The van der Waals surface area contributed by atoms with E-state index < -0.39 is 0 Å². The van der Waals surface area contributed by atoms with E-state index in [2.05, 4.69) is 10.4 Å². The zero-order valence-corrected chi connectivity index (χ0v) is 10.2. The molecule has 0 amide bonds. The fraction of sp³-hybridized carbons (Fsp3) is 0.727. The summed E-state index contributed by atoms with van der Waals surface area (Å²) < 4.78 is 6.92. The summed E-state index contributed by atoms with van der Waals surface area (Å²) in [6.45, 7) is 3.70. The first-order valence-corrected chi connectivity index (χ1v) is 5.88. The Morgan fingerprint density at radius 1 is 1.47 bits per heavy atom. The maximum atomic E-state index is 9.06. The first-order valence-electron chi connectivity index (χ1n) is 5.88. The lowest BCUT2D eigenvalue weighted by Crippen LogP contribution is -2.22. The minimum atomic E-state index is 0.0423. The Morgan fingerprint density at radius 2 is 2.29 bits per heavy atom. The van der Waals surface area contributed by atoms with Gasteiger partial charge in [0.1, 0.15) is 0 Å². The van der Waals surface area contributed by atoms with Crippen molar-refractivity contribution >= 4 is 5.69 Å². The molecule has 6 nitrogen and oxygen atoms in total. The molecule has 6 heteroatoms. The molecular weight excluding hydrogens is 222 g/mol. The fourth-order valence-electron chi connectivity index (χ4n) is 1.40. The Balaban J connectivity index is 2.32. The molecule has 0 saturated heterocycles. The molecule has 17 heavy (non-hydrogen) atoms. The number of nitrogens with zero attached hydrogens (tertiary/aromatic N) is 2. The molecule has 98 valence electrons. The van der Waals surface area contributed by atoms with Crippen LogP contribution in [0.3, 0.4) is 0 Å². The smallest absolute Gasteiger partial charge is 0.0729 e. The van der Waals surface area contributed by atoms with Crippen LogP contribution < -0.4 is 5.32 Å². The third-order valence-electron chi connectivity index (χ3n) is 2.42. The third kappa shape index (κ3) is 5.16. The van der Waals surface area contributed by atoms with Gasteiger partial charge < -0.3 is 20.3 Å². The SMILES string of the molecule is CC[C@@H](CO)Nc1cnn(CCOCCO)c1. The molecule has 0 spiro atoms. The van der Waals surface area contributed by atoms with Gasteiger partial charge in [0.15, 0.2) is 0 Å². The predicted molar refractivity (Wildman–Crippen MR) is 64.9 cm³/mol. The van der Waals surface area contributed by atoms with Gasteiger partial charge in [-0.05, 0) is 6.42 Å². The van der Waals surface area contributed by atoms with Gasteiger partial charge in [0.2, 0.25) is 0 Å². The number of rotatable bonds is 9. The second-order valence-corrected chi connectivity index (χ2v) is 3.76. The average molecular weight is 243 g/mol. The van der Waals surface area contributed by atoms with Crippen molar-refractivity contribution in [3.63, 3.8) is 0 Å². The van der Waals surface area contributed by atoms with Crippen molar-refractivity contribution in [3.05, 3.63) is 12.4 Å². The molecule has 0 unspecified atom stereocenters. The van der Waals surface area contributed by atoms with Gasteiger partial charge in [-0.1, -0.05) is 6.92 Å². The van der Waals surface area contributed by atoms with Crippen LogP contribution in [0, 0.1) is 0 Å². The van der Waals surface area contributed by atoms with Gasteiger partial charge in [-0.2, -0.15) is 5.10 Å². The van der Waals surface area contributed by atoms with E-state index >= 15 is 0 Å². The zero-order chi connectivity index (χ0) is 12.5. The van der Waals surface area contributed by atoms with Gasteiger partial charge in [0.05, 0.1) is 44.9 Å². The molecule has 3 N–H and O–H groups in total. The second kappa shape index (κ2) is 8.05. The molecule has 0 fully saturated rings. The Labute approximate surface area is 101 Å². The Morgan fingerprint density at radius 3 is 2.94 bits per heavy atom. The van der Waals surface area contributed by atoms with Gasteiger partial charge in [-0.3, -0.25) is 4.68 Å². The van der Waals surface area contributed by atoms with Gasteiger partial charge in [0.25, 0.3) is 0 Å². The van der Waals surface area contributed by atoms with E-state index in [9.17, 15) is 0 Å². The summed E-state index contributed by atoms with van der Waals surface area (Å²) in [5, 5.41) is 25.0. The van der Waals surface area contributed by atoms with Crippen LogP contribution in [0.2, 0.25) is 0 Å². The molecule has 1 rings (SSSR count). The normalized spacial score (nSPS) is 12.6. The van der Waals surface area contributed by atoms with Crippen molar-refractivity contribution in [2.45, 2.75) is 25.9 Å². The Hall–Kier alpha value is -1.11. The summed E-state index contributed by atoms with van der Waals surface area (Å²) in [6, 6.07) is 0.0679. The van der Waals surface area contributed by atoms with Crippen molar-refractivity contribution in [1.82, 2.24) is 9.78 Å². The van der Waals surface area contributed by atoms with Crippen LogP contribution in [0.4, 0.5) is 5.69 Å². The van der Waals surface area contributed by atoms with Crippen molar-refractivity contribution in [3.8, 4) is 0 Å². The highest BCUT2D eigenvalue weighted by Gasteiger charge is 2.05. The standard InChI is InChI=1S/C11H21N3O3/c1-2-10(9-16)13-11-7-12-14(8-11)3-5-17-6-4-15/h7-8,10,13,15-16H,2-6,9H2,1H3/t10-/m0/s1. The number of aromatic nitrogens is 2. The van der Waals surface area contributed by atoms with Crippen LogP contribution in [0.5, 0.6) is 0 Å². The monoisotopic (exact) mass is 243 g/mol. The average Bonchev–Trinajstić information content (AvgIpc) is 2.79. The number of hydrogen-bond acceptors (Lipinski definition) is 5. The summed E-state index contributed by atoms with van der Waals surface area (Å²) in [4.78, 5) is 0. The molecule has 0 aliphatic heterocycles. The summed E-state index contributed by atoms with van der Waals surface area (Å²) in [6.07, 6.45) is 4.46. The van der Waals surface area contributed by atoms with E-state index in [-0.39, 0.29) is 19.3 Å². The van der Waals surface area contributed by atoms with Crippen LogP contribution >= 0.6 is 0 Å². The molecule has 1 atom stereocenters. The number of ether oxygens (including phenoxy) is 1. The van der Waals surface area contributed by atoms with Crippen LogP contribution in [0.25, 0.3) is 0 Å². The van der Waals surface area contributed by atoms with Crippen LogP contribution in [0.15, 0.2) is 12.4 Å². The minimum Gasteiger partial charge on any atom is -0.394 e. The molecule has 0 aliphatic rings. The van der Waals surface area contributed by atoms with Crippen molar-refractivity contribution in [2.75, 3.05) is 31.7 Å². The summed E-state index contributed by atoms with van der Waals surface area (Å²) >= 11 is 0. The summed E-state index contributed by atoms with van der Waals surface area (Å²) in [7, 11) is 0. The van der Waals surface area contributed by atoms with E-state index in [0.717, 1.165) is 12.1 Å². The highest BCUT2D eigenvalue weighted by Crippen LogP contribution is 2.08. The molecule has 1 heterocycles. The maximum absolute atomic E-state index is 9.06. The number of anilines is 1. The lowest BCUT2D eigenvalue weighted by atomic mass is 10.2. The van der Waals surface area contributed by atoms with E-state index in [4.69, 9.17) is 14.9 Å². The van der Waals surface area contributed by atoms with Crippen molar-refractivity contribution in [2.24, 2.45) is 0 Å². The highest BCUT2D eigenvalue weighted by molar-refractivity contribution is 5.39. The Kier molecular flexibility index (Phi) is 6.61. The Bertz CT molecular complexity index is 300. The number of aliphatic hydroxyl groups is 2. The van der Waals surface area contributed by atoms with E-state index in [1.165, 1.54) is 0 Å². The largest absolute Gasteiger partial charge is 0.394 e. The number of hydrogen-bond donors (Lipinski definition) is 3. The first-order chi connectivity index (χ1) is 8.30. The van der Waals surface area contributed by atoms with Gasteiger partial charge in [-0.15, -0.1) is 0 Å². The number of nitrogens with one attached hydrogen (secondary N) is 1. The molecule has 1 aromatic heterocycles. The van der Waals surface area contributed by atoms with Gasteiger partial charge in [-0.25, -0.2) is 0 Å². The van der Waals surface area contributed by atoms with Crippen LogP contribution in [0.1, 0.15) is 13.3 Å². The second-order valence-electron chi connectivity index (χ2n) is 3.76. The molecule has 0 bridgehead atoms. The number of aliphatic hydroxyl groups excluding tert-OH is 2. The lowest BCUT2D eigenvalue weighted by molar-refractivity contribution is 0.0854. The summed E-state index contributed by atoms with van der Waals surface area (Å²) in [5.41, 5.74) is 0.896. The van der Waals surface area contributed by atoms with Gasteiger partial charge >= 0.3 is 0 Å². The highest BCUT2D eigenvalue weighted by atomic mass is 16.5. The molecule has 0 aliphatic carbocycles. The van der Waals surface area contributed by atoms with Crippen LogP contribution in [-0.2, 0) is 11.3 Å². The molecule has 0 radical (unpaired) electrons. The third-order valence-corrected chi connectivity index (χ3v) is 2.42. The van der Waals surface area contributed by atoms with E-state index in [1.807, 2.05) is 13.1 Å². The first kappa shape index (κ1) is 14.0. The zero-order valence-electron chi connectivity index (χ0n) is 10.2. The van der Waals surface area contributed by atoms with Gasteiger partial charge in [0, 0.05) is 12.2 Å². The maximum Gasteiger partial charge on any atom is 0.0729 e. The molecule has 0 aromatic carbocycles. The van der Waals surface area contributed by atoms with Crippen molar-refractivity contribution in [1.29, 1.82) is 0 Å². The predicted octanol–water partition coefficient (Wildman–Crippen LogP) is 0.0748. The summed E-state index contributed by atoms with van der Waals surface area (Å²) in [5.74, 6) is 0. The topological polar surface area (TPSA) is 79.5 Å². The molecule has 0 saturated carbocycles. The minimum absolute atomic E-state index is 0.0423. The van der Waals surface area contributed by atoms with E-state index in [0.29, 0.717) is 19.8 Å².